The predicted octanol–water partition coefficient (Wildman–Crippen LogP) is 3.50. The molecule has 0 bridgehead atoms. The van der Waals surface area contributed by atoms with Gasteiger partial charge in [0.25, 0.3) is 5.91 Å². The highest BCUT2D eigenvalue weighted by atomic mass is 16.5. The maximum absolute atomic E-state index is 13.0. The molecule has 1 aromatic heterocycles. The van der Waals surface area contributed by atoms with Crippen molar-refractivity contribution in [2.24, 2.45) is 0 Å². The summed E-state index contributed by atoms with van der Waals surface area (Å²) in [6, 6.07) is 15.1. The molecule has 0 aliphatic carbocycles. The van der Waals surface area contributed by atoms with Crippen LogP contribution < -0.4 is 14.4 Å². The zero-order valence-corrected chi connectivity index (χ0v) is 18.3. The number of aromatic nitrogens is 1. The van der Waals surface area contributed by atoms with Crippen molar-refractivity contribution in [2.45, 2.75) is 6.92 Å². The molecule has 2 heterocycles. The molecule has 0 spiro atoms. The van der Waals surface area contributed by atoms with Gasteiger partial charge in [-0.25, -0.2) is 0 Å². The number of anilines is 1. The topological polar surface area (TPSA) is 91.8 Å². The van der Waals surface area contributed by atoms with Crippen LogP contribution in [0.15, 0.2) is 46.9 Å². The molecular weight excluding hydrogens is 408 g/mol. The molecule has 2 aromatic carbocycles. The van der Waals surface area contributed by atoms with Crippen LogP contribution >= 0.6 is 0 Å². The fraction of sp³-hybridized carbons (Fsp3) is 0.292. The van der Waals surface area contributed by atoms with Crippen molar-refractivity contribution >= 4 is 11.8 Å². The SMILES string of the molecule is COc1ccc(C(=O)N2CCN(c3oc(-c4ccc(C)cc4)nc3C#N)CC2)cc1OC. The Labute approximate surface area is 186 Å². The number of hydrogen-bond acceptors (Lipinski definition) is 7. The number of aryl methyl sites for hydroxylation is 1. The highest BCUT2D eigenvalue weighted by Gasteiger charge is 2.27. The lowest BCUT2D eigenvalue weighted by Gasteiger charge is -2.34. The predicted molar refractivity (Wildman–Crippen MR) is 119 cm³/mol. The quantitative estimate of drug-likeness (QED) is 0.609. The number of piperazine rings is 1. The van der Waals surface area contributed by atoms with Crippen LogP contribution in [0.3, 0.4) is 0 Å². The Morgan fingerprint density at radius 1 is 1.03 bits per heavy atom. The first-order chi connectivity index (χ1) is 15.5. The van der Waals surface area contributed by atoms with E-state index in [4.69, 9.17) is 13.9 Å². The van der Waals surface area contributed by atoms with Crippen molar-refractivity contribution in [2.75, 3.05) is 45.3 Å². The Hall–Kier alpha value is -3.99. The molecule has 32 heavy (non-hydrogen) atoms. The Kier molecular flexibility index (Phi) is 5.99. The minimum atomic E-state index is -0.0796. The van der Waals surface area contributed by atoms with Gasteiger partial charge in [-0.2, -0.15) is 10.2 Å². The number of rotatable bonds is 5. The number of hydrogen-bond donors (Lipinski definition) is 0. The highest BCUT2D eigenvalue weighted by Crippen LogP contribution is 2.30. The van der Waals surface area contributed by atoms with E-state index < -0.39 is 0 Å². The minimum Gasteiger partial charge on any atom is -0.493 e. The average Bonchev–Trinajstić information content (AvgIpc) is 3.28. The molecule has 1 aliphatic rings. The molecule has 0 radical (unpaired) electrons. The molecule has 0 atom stereocenters. The molecule has 1 fully saturated rings. The van der Waals surface area contributed by atoms with Crippen LogP contribution in [0.2, 0.25) is 0 Å². The molecule has 4 rings (SSSR count). The summed E-state index contributed by atoms with van der Waals surface area (Å²) in [7, 11) is 3.10. The summed E-state index contributed by atoms with van der Waals surface area (Å²) < 4.78 is 16.5. The largest absolute Gasteiger partial charge is 0.493 e. The third-order valence-corrected chi connectivity index (χ3v) is 5.50. The van der Waals surface area contributed by atoms with E-state index in [1.165, 1.54) is 0 Å². The van der Waals surface area contributed by atoms with E-state index in [2.05, 4.69) is 11.1 Å². The summed E-state index contributed by atoms with van der Waals surface area (Å²) in [5.74, 6) is 1.87. The van der Waals surface area contributed by atoms with E-state index in [1.807, 2.05) is 36.1 Å². The number of carbonyl (C=O) groups excluding carboxylic acids is 1. The molecule has 1 aliphatic heterocycles. The summed E-state index contributed by atoms with van der Waals surface area (Å²) >= 11 is 0. The van der Waals surface area contributed by atoms with Gasteiger partial charge in [-0.1, -0.05) is 17.7 Å². The number of methoxy groups -OCH3 is 2. The Bertz CT molecular complexity index is 1160. The van der Waals surface area contributed by atoms with E-state index in [0.717, 1.165) is 11.1 Å². The van der Waals surface area contributed by atoms with Gasteiger partial charge >= 0.3 is 0 Å². The zero-order valence-electron chi connectivity index (χ0n) is 18.3. The molecule has 1 saturated heterocycles. The maximum Gasteiger partial charge on any atom is 0.254 e. The van der Waals surface area contributed by atoms with Gasteiger partial charge in [0, 0.05) is 37.3 Å². The van der Waals surface area contributed by atoms with Gasteiger partial charge in [-0.05, 0) is 37.3 Å². The number of carbonyl (C=O) groups is 1. The standard InChI is InChI=1S/C24H24N4O4/c1-16-4-6-17(7-5-16)22-26-19(15-25)24(32-22)28-12-10-27(11-13-28)23(29)18-8-9-20(30-2)21(14-18)31-3/h4-9,14H,10-13H2,1-3H3. The number of nitriles is 1. The first-order valence-corrected chi connectivity index (χ1v) is 10.3. The molecule has 164 valence electrons. The first-order valence-electron chi connectivity index (χ1n) is 10.3. The number of nitrogens with zero attached hydrogens (tertiary/aromatic N) is 4. The fourth-order valence-corrected chi connectivity index (χ4v) is 3.68. The van der Waals surface area contributed by atoms with Gasteiger partial charge in [-0.15, -0.1) is 0 Å². The Morgan fingerprint density at radius 2 is 1.72 bits per heavy atom. The maximum atomic E-state index is 13.0. The smallest absolute Gasteiger partial charge is 0.254 e. The third-order valence-electron chi connectivity index (χ3n) is 5.50. The van der Waals surface area contributed by atoms with Gasteiger partial charge in [0.1, 0.15) is 6.07 Å². The lowest BCUT2D eigenvalue weighted by molar-refractivity contribution is 0.0745. The van der Waals surface area contributed by atoms with Gasteiger partial charge in [0.2, 0.25) is 17.5 Å². The number of amides is 1. The fourth-order valence-electron chi connectivity index (χ4n) is 3.68. The van der Waals surface area contributed by atoms with Crippen LogP contribution in [-0.4, -0.2) is 56.2 Å². The summed E-state index contributed by atoms with van der Waals surface area (Å²) in [6.45, 7) is 4.08. The molecule has 0 unspecified atom stereocenters. The Morgan fingerprint density at radius 3 is 2.34 bits per heavy atom. The monoisotopic (exact) mass is 432 g/mol. The van der Waals surface area contributed by atoms with Crippen molar-refractivity contribution in [1.82, 2.24) is 9.88 Å². The first kappa shape index (κ1) is 21.2. The number of oxazole rings is 1. The molecule has 8 heteroatoms. The van der Waals surface area contributed by atoms with Crippen LogP contribution in [0, 0.1) is 18.3 Å². The van der Waals surface area contributed by atoms with Crippen molar-refractivity contribution in [3.63, 3.8) is 0 Å². The second-order valence-corrected chi connectivity index (χ2v) is 7.50. The van der Waals surface area contributed by atoms with E-state index in [1.54, 1.807) is 37.3 Å². The summed E-state index contributed by atoms with van der Waals surface area (Å²) in [5, 5.41) is 9.55. The minimum absolute atomic E-state index is 0.0796. The van der Waals surface area contributed by atoms with E-state index in [0.29, 0.717) is 55.0 Å². The van der Waals surface area contributed by atoms with Crippen LogP contribution in [0.25, 0.3) is 11.5 Å². The lowest BCUT2D eigenvalue weighted by atomic mass is 10.1. The van der Waals surface area contributed by atoms with Crippen LogP contribution in [0.5, 0.6) is 11.5 Å². The summed E-state index contributed by atoms with van der Waals surface area (Å²) in [4.78, 5) is 21.1. The number of benzene rings is 2. The second kappa shape index (κ2) is 9.02. The van der Waals surface area contributed by atoms with Gasteiger partial charge < -0.3 is 23.7 Å². The summed E-state index contributed by atoms with van der Waals surface area (Å²) in [6.07, 6.45) is 0. The van der Waals surface area contributed by atoms with Crippen LogP contribution in [0.4, 0.5) is 5.88 Å². The van der Waals surface area contributed by atoms with Crippen molar-refractivity contribution in [3.05, 3.63) is 59.3 Å². The molecule has 3 aromatic rings. The average molecular weight is 432 g/mol. The van der Waals surface area contributed by atoms with Gasteiger partial charge in [-0.3, -0.25) is 4.79 Å². The second-order valence-electron chi connectivity index (χ2n) is 7.50. The molecule has 8 nitrogen and oxygen atoms in total. The van der Waals surface area contributed by atoms with Crippen LogP contribution in [-0.2, 0) is 0 Å². The van der Waals surface area contributed by atoms with E-state index in [9.17, 15) is 10.1 Å². The molecule has 1 amide bonds. The molecule has 0 saturated carbocycles. The zero-order chi connectivity index (χ0) is 22.7. The van der Waals surface area contributed by atoms with E-state index in [-0.39, 0.29) is 11.6 Å². The van der Waals surface area contributed by atoms with Gasteiger partial charge in [0.15, 0.2) is 11.5 Å². The van der Waals surface area contributed by atoms with Gasteiger partial charge in [0.05, 0.1) is 14.2 Å². The Balaban J connectivity index is 1.47. The van der Waals surface area contributed by atoms with Crippen molar-refractivity contribution < 1.29 is 18.7 Å². The highest BCUT2D eigenvalue weighted by molar-refractivity contribution is 5.95. The molecular formula is C24H24N4O4. The van der Waals surface area contributed by atoms with Crippen LogP contribution in [0.1, 0.15) is 21.6 Å². The third kappa shape index (κ3) is 4.10. The summed E-state index contributed by atoms with van der Waals surface area (Å²) in [5.41, 5.74) is 2.74. The number of ether oxygens (including phenoxy) is 2. The lowest BCUT2D eigenvalue weighted by Crippen LogP contribution is -2.48. The van der Waals surface area contributed by atoms with Crippen molar-refractivity contribution in [3.8, 4) is 29.0 Å². The molecule has 0 N–H and O–H groups in total. The normalized spacial score (nSPS) is 13.6. The van der Waals surface area contributed by atoms with Crippen molar-refractivity contribution in [1.29, 1.82) is 5.26 Å². The van der Waals surface area contributed by atoms with E-state index >= 15 is 0 Å².